The molecule has 0 amide bonds. The van der Waals surface area contributed by atoms with E-state index in [0.29, 0.717) is 5.56 Å². The molecule has 0 unspecified atom stereocenters. The molecule has 0 N–H and O–H groups in total. The van der Waals surface area contributed by atoms with Crippen LogP contribution in [-0.2, 0) is 21.8 Å². The van der Waals surface area contributed by atoms with Crippen LogP contribution in [0, 0.1) is 0 Å². The van der Waals surface area contributed by atoms with Crippen LogP contribution in [0.15, 0.2) is 12.3 Å². The van der Waals surface area contributed by atoms with Gasteiger partial charge in [-0.25, -0.2) is 8.78 Å². The predicted molar refractivity (Wildman–Crippen MR) is 54.5 cm³/mol. The lowest BCUT2D eigenvalue weighted by Gasteiger charge is -2.08. The summed E-state index contributed by atoms with van der Waals surface area (Å²) in [4.78, 5) is 14.8. The first-order valence-electron chi connectivity index (χ1n) is 4.47. The van der Waals surface area contributed by atoms with Crippen molar-refractivity contribution in [1.29, 1.82) is 0 Å². The average Bonchev–Trinajstić information content (AvgIpc) is 2.29. The fourth-order valence-corrected chi connectivity index (χ4v) is 1.32. The van der Waals surface area contributed by atoms with E-state index in [1.807, 2.05) is 0 Å². The van der Waals surface area contributed by atoms with Crippen LogP contribution in [0.3, 0.4) is 0 Å². The fraction of sp³-hybridized carbons (Fsp3) is 0.400. The lowest BCUT2D eigenvalue weighted by Crippen LogP contribution is -2.09. The molecular formula is C10H10ClF2NO2. The van der Waals surface area contributed by atoms with E-state index in [0.717, 1.165) is 0 Å². The van der Waals surface area contributed by atoms with Gasteiger partial charge >= 0.3 is 5.97 Å². The number of aromatic nitrogens is 1. The molecule has 1 aromatic heterocycles. The molecule has 1 heterocycles. The molecule has 3 nitrogen and oxygen atoms in total. The zero-order valence-corrected chi connectivity index (χ0v) is 9.30. The minimum atomic E-state index is -2.68. The zero-order valence-electron chi connectivity index (χ0n) is 8.54. The van der Waals surface area contributed by atoms with Crippen molar-refractivity contribution < 1.29 is 18.3 Å². The van der Waals surface area contributed by atoms with Gasteiger partial charge in [-0.05, 0) is 11.6 Å². The lowest BCUT2D eigenvalue weighted by molar-refractivity contribution is -0.139. The number of pyridine rings is 1. The summed E-state index contributed by atoms with van der Waals surface area (Å²) < 4.78 is 29.7. The van der Waals surface area contributed by atoms with Gasteiger partial charge in [0.25, 0.3) is 6.43 Å². The third-order valence-corrected chi connectivity index (χ3v) is 2.30. The molecule has 0 aliphatic heterocycles. The second-order valence-corrected chi connectivity index (χ2v) is 3.33. The van der Waals surface area contributed by atoms with Crippen LogP contribution >= 0.6 is 11.6 Å². The molecule has 0 fully saturated rings. The standard InChI is InChI=1S/C10H10ClF2NO2/c1-16-9(15)3-8-7(10(12)13)2-6(4-11)5-14-8/h2,5,10H,3-4H2,1H3. The number of hydrogen-bond donors (Lipinski definition) is 0. The van der Waals surface area contributed by atoms with E-state index >= 15 is 0 Å². The SMILES string of the molecule is COC(=O)Cc1ncc(CCl)cc1C(F)F. The van der Waals surface area contributed by atoms with Gasteiger partial charge in [0.1, 0.15) is 0 Å². The molecule has 1 rings (SSSR count). The molecule has 6 heteroatoms. The van der Waals surface area contributed by atoms with E-state index in [1.165, 1.54) is 19.4 Å². The first kappa shape index (κ1) is 12.8. The molecule has 0 bridgehead atoms. The number of carbonyl (C=O) groups excluding carboxylic acids is 1. The van der Waals surface area contributed by atoms with Crippen LogP contribution < -0.4 is 0 Å². The quantitative estimate of drug-likeness (QED) is 0.608. The van der Waals surface area contributed by atoms with Crippen molar-refractivity contribution in [2.45, 2.75) is 18.7 Å². The van der Waals surface area contributed by atoms with Crippen molar-refractivity contribution in [2.24, 2.45) is 0 Å². The van der Waals surface area contributed by atoms with Crippen LogP contribution in [-0.4, -0.2) is 18.1 Å². The summed E-state index contributed by atoms with van der Waals surface area (Å²) in [6, 6.07) is 1.25. The largest absolute Gasteiger partial charge is 0.469 e. The molecule has 0 atom stereocenters. The highest BCUT2D eigenvalue weighted by atomic mass is 35.5. The Morgan fingerprint density at radius 2 is 2.31 bits per heavy atom. The predicted octanol–water partition coefficient (Wildman–Crippen LogP) is 2.47. The second-order valence-electron chi connectivity index (χ2n) is 3.07. The topological polar surface area (TPSA) is 39.2 Å². The average molecular weight is 250 g/mol. The van der Waals surface area contributed by atoms with Crippen molar-refractivity contribution in [3.05, 3.63) is 29.1 Å². The van der Waals surface area contributed by atoms with Gasteiger partial charge in [-0.1, -0.05) is 0 Å². The minimum absolute atomic E-state index is 0.0238. The highest BCUT2D eigenvalue weighted by molar-refractivity contribution is 6.17. The normalized spacial score (nSPS) is 10.6. The summed E-state index contributed by atoms with van der Waals surface area (Å²) in [6.45, 7) is 0. The number of esters is 1. The van der Waals surface area contributed by atoms with Crippen LogP contribution in [0.2, 0.25) is 0 Å². The Labute approximate surface area is 96.4 Å². The van der Waals surface area contributed by atoms with Crippen molar-refractivity contribution in [2.75, 3.05) is 7.11 Å². The van der Waals surface area contributed by atoms with E-state index < -0.39 is 12.4 Å². The van der Waals surface area contributed by atoms with Gasteiger partial charge in [-0.2, -0.15) is 0 Å². The van der Waals surface area contributed by atoms with Gasteiger partial charge in [-0.3, -0.25) is 9.78 Å². The first-order valence-corrected chi connectivity index (χ1v) is 5.00. The third-order valence-electron chi connectivity index (χ3n) is 1.99. The molecule has 0 saturated heterocycles. The molecule has 1 aromatic rings. The smallest absolute Gasteiger partial charge is 0.311 e. The Morgan fingerprint density at radius 1 is 1.62 bits per heavy atom. The third kappa shape index (κ3) is 3.13. The summed E-state index contributed by atoms with van der Waals surface area (Å²) in [5, 5.41) is 0. The maximum absolute atomic E-state index is 12.7. The van der Waals surface area contributed by atoms with E-state index in [2.05, 4.69) is 9.72 Å². The maximum Gasteiger partial charge on any atom is 0.311 e. The molecule has 0 aliphatic carbocycles. The number of rotatable bonds is 4. The van der Waals surface area contributed by atoms with Crippen LogP contribution in [0.4, 0.5) is 8.78 Å². The summed E-state index contributed by atoms with van der Waals surface area (Å²) in [5.74, 6) is -0.501. The summed E-state index contributed by atoms with van der Waals surface area (Å²) in [6.07, 6.45) is -1.58. The van der Waals surface area contributed by atoms with Gasteiger partial charge in [0, 0.05) is 17.6 Å². The molecule has 0 saturated carbocycles. The highest BCUT2D eigenvalue weighted by Crippen LogP contribution is 2.23. The van der Waals surface area contributed by atoms with Crippen molar-refractivity contribution >= 4 is 17.6 Å². The second kappa shape index (κ2) is 5.75. The molecule has 0 spiro atoms. The van der Waals surface area contributed by atoms with Crippen LogP contribution in [0.1, 0.15) is 23.2 Å². The molecule has 88 valence electrons. The Morgan fingerprint density at radius 3 is 2.81 bits per heavy atom. The number of methoxy groups -OCH3 is 1. The highest BCUT2D eigenvalue weighted by Gasteiger charge is 2.17. The summed E-state index contributed by atoms with van der Waals surface area (Å²) >= 11 is 5.51. The van der Waals surface area contributed by atoms with Gasteiger partial charge < -0.3 is 4.74 Å². The molecular weight excluding hydrogens is 240 g/mol. The van der Waals surface area contributed by atoms with E-state index in [-0.39, 0.29) is 23.6 Å². The Bertz CT molecular complexity index is 385. The lowest BCUT2D eigenvalue weighted by atomic mass is 10.1. The number of alkyl halides is 3. The molecule has 0 aromatic carbocycles. The van der Waals surface area contributed by atoms with Gasteiger partial charge in [0.15, 0.2) is 0 Å². The van der Waals surface area contributed by atoms with E-state index in [4.69, 9.17) is 11.6 Å². The van der Waals surface area contributed by atoms with Gasteiger partial charge in [-0.15, -0.1) is 11.6 Å². The number of nitrogens with zero attached hydrogens (tertiary/aromatic N) is 1. The zero-order chi connectivity index (χ0) is 12.1. The van der Waals surface area contributed by atoms with E-state index in [1.54, 1.807) is 0 Å². The number of hydrogen-bond acceptors (Lipinski definition) is 3. The van der Waals surface area contributed by atoms with Crippen LogP contribution in [0.25, 0.3) is 0 Å². The van der Waals surface area contributed by atoms with Gasteiger partial charge in [0.2, 0.25) is 0 Å². The van der Waals surface area contributed by atoms with Crippen LogP contribution in [0.5, 0.6) is 0 Å². The molecule has 0 aliphatic rings. The van der Waals surface area contributed by atoms with Crippen molar-refractivity contribution in [3.8, 4) is 0 Å². The van der Waals surface area contributed by atoms with E-state index in [9.17, 15) is 13.6 Å². The maximum atomic E-state index is 12.7. The number of carbonyl (C=O) groups is 1. The summed E-state index contributed by atoms with van der Waals surface area (Å²) in [7, 11) is 1.19. The summed E-state index contributed by atoms with van der Waals surface area (Å²) in [5.41, 5.74) is 0.241. The fourth-order valence-electron chi connectivity index (χ4n) is 1.17. The van der Waals surface area contributed by atoms with Gasteiger partial charge in [0.05, 0.1) is 19.2 Å². The molecule has 16 heavy (non-hydrogen) atoms. The Balaban J connectivity index is 3.03. The Hall–Kier alpha value is -1.23. The Kier molecular flexibility index (Phi) is 4.61. The van der Waals surface area contributed by atoms with Crippen molar-refractivity contribution in [3.63, 3.8) is 0 Å². The number of ether oxygens (including phenoxy) is 1. The minimum Gasteiger partial charge on any atom is -0.469 e. The monoisotopic (exact) mass is 249 g/mol. The number of halogens is 3. The van der Waals surface area contributed by atoms with Crippen molar-refractivity contribution in [1.82, 2.24) is 4.98 Å². The molecule has 0 radical (unpaired) electrons. The first-order chi connectivity index (χ1) is 7.58.